The first-order chi connectivity index (χ1) is 34.8. The molecule has 15 nitrogen and oxygen atoms in total. The number of anilines is 6. The Morgan fingerprint density at radius 2 is 0.903 bits per heavy atom. The fraction of sp³-hybridized carbons (Fsp3) is 0.264. The van der Waals surface area contributed by atoms with Gasteiger partial charge < -0.3 is 28.9 Å². The van der Waals surface area contributed by atoms with Crippen LogP contribution in [0.15, 0.2) is 110 Å². The summed E-state index contributed by atoms with van der Waals surface area (Å²) in [6.07, 6.45) is 10.2. The molecule has 12 rings (SSSR count). The molecule has 0 bridgehead atoms. The van der Waals surface area contributed by atoms with E-state index in [1.165, 1.54) is 11.1 Å². The van der Waals surface area contributed by atoms with Gasteiger partial charge in [-0.1, -0.05) is 7.43 Å². The minimum atomic E-state index is -0.758. The number of hydrogen-bond donors (Lipinski definition) is 0. The predicted molar refractivity (Wildman–Crippen MR) is 279 cm³/mol. The van der Waals surface area contributed by atoms with Crippen LogP contribution in [-0.2, 0) is 19.3 Å². The van der Waals surface area contributed by atoms with Gasteiger partial charge in [0, 0.05) is 55.3 Å². The van der Waals surface area contributed by atoms with Gasteiger partial charge in [0.05, 0.1) is 30.4 Å². The number of aromatic nitrogens is 9. The summed E-state index contributed by atoms with van der Waals surface area (Å²) in [5.41, 5.74) is 8.35. The van der Waals surface area contributed by atoms with Crippen LogP contribution in [0.2, 0.25) is 10.6 Å². The number of rotatable bonds is 8. The standard InChI is InChI=1S/C18H16ClFN4O.C17H15ClN4O.C17H15FN4O.CH4/c19-18-22-16-14(4-1-8-21-16)17(23-18)24-9-2-3-12-11-13(25-10-7-20)5-6-15(12)24;2*1-23-12-6-7-14-11(10-12)4-3-9-22(14)16-13-5-2-8-19-15(13)20-17(18)21-16;/h1,4-6,8,11H,2-3,7,9-10H2;2*2,5-8,10H,3-4,9H2,1H3;1H4/i20-1;1-1;18-1;. The quantitative estimate of drug-likeness (QED) is 0.133. The molecule has 0 spiro atoms. The van der Waals surface area contributed by atoms with Gasteiger partial charge in [-0.3, -0.25) is 0 Å². The summed E-state index contributed by atoms with van der Waals surface area (Å²) in [6, 6.07) is 29.2. The van der Waals surface area contributed by atoms with Crippen LogP contribution < -0.4 is 28.9 Å². The first-order valence-electron chi connectivity index (χ1n) is 23.1. The van der Waals surface area contributed by atoms with Gasteiger partial charge >= 0.3 is 6.08 Å². The van der Waals surface area contributed by atoms with Crippen molar-refractivity contribution in [1.29, 1.82) is 0 Å². The largest absolute Gasteiger partial charge is 0.497 e. The minimum absolute atomic E-state index is 0. The Bertz CT molecular complexity index is 3250. The monoisotopic (exact) mass is 1010 g/mol. The average molecular weight is 1010 g/mol. The van der Waals surface area contributed by atoms with E-state index in [1.807, 2.05) is 83.8 Å². The fourth-order valence-electron chi connectivity index (χ4n) is 9.26. The highest BCUT2D eigenvalue weighted by Crippen LogP contribution is 2.40. The molecule has 9 heterocycles. The highest BCUT2D eigenvalue weighted by Gasteiger charge is 2.26. The van der Waals surface area contributed by atoms with Gasteiger partial charge in [0.25, 0.3) is 0 Å². The maximum Gasteiger partial charge on any atom is 0.312 e. The fourth-order valence-corrected chi connectivity index (χ4v) is 9.58. The number of benzene rings is 3. The van der Waals surface area contributed by atoms with E-state index < -0.39 is 12.8 Å². The van der Waals surface area contributed by atoms with Crippen LogP contribution in [0.25, 0.3) is 33.1 Å². The molecule has 3 aromatic carbocycles. The molecule has 0 N–H and O–H groups in total. The molecule has 0 saturated carbocycles. The van der Waals surface area contributed by atoms with Crippen molar-refractivity contribution in [2.24, 2.45) is 0 Å². The smallest absolute Gasteiger partial charge is 0.312 e. The van der Waals surface area contributed by atoms with Crippen molar-refractivity contribution >= 4 is 90.8 Å². The summed E-state index contributed by atoms with van der Waals surface area (Å²) in [6.45, 7) is 2.06. The van der Waals surface area contributed by atoms with Gasteiger partial charge in [-0.2, -0.15) is 34.3 Å². The molecule has 9 aromatic rings. The third kappa shape index (κ3) is 10.4. The van der Waals surface area contributed by atoms with Crippen molar-refractivity contribution in [3.05, 3.63) is 143 Å². The molecule has 0 aliphatic carbocycles. The number of ether oxygens (including phenoxy) is 3. The molecule has 6 aromatic heterocycles. The van der Waals surface area contributed by atoms with E-state index in [0.717, 1.165) is 120 Å². The molecular formula is C53H50Cl2F2N12O3. The molecule has 0 fully saturated rings. The topological polar surface area (TPSA) is 153 Å². The molecule has 3 aliphatic heterocycles. The number of aryl methyl sites for hydroxylation is 3. The highest BCUT2D eigenvalue weighted by molar-refractivity contribution is 6.29. The average Bonchev–Trinajstić information content (AvgIpc) is 3.41. The zero-order chi connectivity index (χ0) is 48.8. The minimum Gasteiger partial charge on any atom is -0.497 e. The lowest BCUT2D eigenvalue weighted by Crippen LogP contribution is -2.26. The van der Waals surface area contributed by atoms with Crippen molar-refractivity contribution in [1.82, 2.24) is 44.9 Å². The number of alkyl halides is 1. The molecule has 3 aliphatic rings. The van der Waals surface area contributed by atoms with E-state index in [0.29, 0.717) is 28.5 Å². The number of nitrogens with zero attached hydrogens (tertiary/aromatic N) is 12. The molecule has 72 heavy (non-hydrogen) atoms. The maximum absolute atomic E-state index is 13.8. The van der Waals surface area contributed by atoms with E-state index in [9.17, 15) is 8.78 Å². The highest BCUT2D eigenvalue weighted by atomic mass is 35.5. The van der Waals surface area contributed by atoms with Crippen molar-refractivity contribution in [3.8, 4) is 17.2 Å². The number of halogens is 4. The Balaban J connectivity index is 0.000000133. The van der Waals surface area contributed by atoms with E-state index in [2.05, 4.69) is 66.8 Å². The normalized spacial score (nSPS) is 13.7. The van der Waals surface area contributed by atoms with Crippen LogP contribution >= 0.6 is 23.2 Å². The summed E-state index contributed by atoms with van der Waals surface area (Å²) in [5.74, 6) is 4.50. The summed E-state index contributed by atoms with van der Waals surface area (Å²) in [7, 11) is 3.34. The molecular weight excluding hydrogens is 959 g/mol. The number of hydrogen-bond acceptors (Lipinski definition) is 15. The van der Waals surface area contributed by atoms with Crippen molar-refractivity contribution in [2.75, 3.05) is 61.8 Å². The lowest BCUT2D eigenvalue weighted by molar-refractivity contribution is 0.273. The lowest BCUT2D eigenvalue weighted by Gasteiger charge is -2.31. The van der Waals surface area contributed by atoms with Crippen LogP contribution in [0.4, 0.5) is 43.3 Å². The Hall–Kier alpha value is -7.63. The van der Waals surface area contributed by atoms with Gasteiger partial charge in [-0.25, -0.2) is 19.3 Å². The van der Waals surface area contributed by atoms with Gasteiger partial charge in [-0.05, 0) is 169 Å². The number of pyridine rings is 3. The summed E-state index contributed by atoms with van der Waals surface area (Å²) in [5, 5.41) is 2.90. The van der Waals surface area contributed by atoms with Gasteiger partial charge in [0.2, 0.25) is 10.6 Å². The first kappa shape index (κ1) is 49.4. The van der Waals surface area contributed by atoms with Crippen LogP contribution in [-0.4, -0.2) is 92.0 Å². The molecule has 19 heteroatoms. The second-order valence-corrected chi connectivity index (χ2v) is 17.3. The predicted octanol–water partition coefficient (Wildman–Crippen LogP) is 11.8. The number of fused-ring (bicyclic) bond motifs is 6. The first-order valence-corrected chi connectivity index (χ1v) is 23.9. The second kappa shape index (κ2) is 22.2. The summed E-state index contributed by atoms with van der Waals surface area (Å²) >= 11 is 12.2. The van der Waals surface area contributed by atoms with E-state index in [-0.39, 0.29) is 24.6 Å². The van der Waals surface area contributed by atoms with Crippen LogP contribution in [0.5, 0.6) is 17.2 Å². The molecule has 0 radical (unpaired) electrons. The van der Waals surface area contributed by atoms with E-state index >= 15 is 0 Å². The molecule has 0 unspecified atom stereocenters. The zero-order valence-electron chi connectivity index (χ0n) is 38.8. The Morgan fingerprint density at radius 3 is 1.32 bits per heavy atom. The van der Waals surface area contributed by atoms with Crippen LogP contribution in [0, 0.1) is 6.08 Å². The number of methoxy groups -OCH3 is 2. The molecule has 0 amide bonds. The Kier molecular flexibility index (Phi) is 15.2. The lowest BCUT2D eigenvalue weighted by atomic mass is 10.0. The molecule has 0 saturated heterocycles. The maximum atomic E-state index is 13.8. The van der Waals surface area contributed by atoms with Gasteiger partial charge in [-0.15, -0.1) is 0 Å². The van der Waals surface area contributed by atoms with E-state index in [1.54, 1.807) is 32.8 Å². The van der Waals surface area contributed by atoms with Crippen LogP contribution in [0.1, 0.15) is 43.4 Å². The molecule has 0 atom stereocenters. The van der Waals surface area contributed by atoms with Crippen molar-refractivity contribution in [3.63, 3.8) is 0 Å². The summed E-state index contributed by atoms with van der Waals surface area (Å²) in [4.78, 5) is 44.2. The van der Waals surface area contributed by atoms with Crippen LogP contribution in [0.3, 0.4) is 0 Å². The second-order valence-electron chi connectivity index (χ2n) is 16.7. The van der Waals surface area contributed by atoms with Gasteiger partial charge in [0.15, 0.2) is 16.9 Å². The molecule has 368 valence electrons. The van der Waals surface area contributed by atoms with Crippen molar-refractivity contribution < 1.29 is 23.0 Å². The van der Waals surface area contributed by atoms with Crippen molar-refractivity contribution in [2.45, 2.75) is 46.0 Å². The zero-order valence-corrected chi connectivity index (χ0v) is 40.3. The van der Waals surface area contributed by atoms with E-state index in [4.69, 9.17) is 37.4 Å². The third-order valence-electron chi connectivity index (χ3n) is 12.4. The Morgan fingerprint density at radius 1 is 0.514 bits per heavy atom. The van der Waals surface area contributed by atoms with Gasteiger partial charge in [0.1, 0.15) is 48.0 Å². The SMILES string of the molecule is C.COc1ccc2c(c1)CCCN2c1nc([18F])nc2ncccc12.[11CH3]Oc1ccc2c(c1)CCCN2c1nc(Cl)nc2ncccc12.[18F]CCOc1ccc2c(c1)CCCN2c1nc(Cl)nc2ncccc12. The summed E-state index contributed by atoms with van der Waals surface area (Å²) < 4.78 is 42.2. The Labute approximate surface area is 424 Å². The third-order valence-corrected chi connectivity index (χ3v) is 12.7.